The van der Waals surface area contributed by atoms with Crippen molar-refractivity contribution in [3.63, 3.8) is 0 Å². The fraction of sp³-hybridized carbons (Fsp3) is 0.500. The van der Waals surface area contributed by atoms with Gasteiger partial charge in [-0.1, -0.05) is 11.6 Å². The summed E-state index contributed by atoms with van der Waals surface area (Å²) in [4.78, 5) is 12.4. The van der Waals surface area contributed by atoms with E-state index in [1.807, 2.05) is 13.8 Å². The molecule has 0 radical (unpaired) electrons. The van der Waals surface area contributed by atoms with Gasteiger partial charge in [0.2, 0.25) is 0 Å². The van der Waals surface area contributed by atoms with Crippen molar-refractivity contribution in [2.24, 2.45) is 4.99 Å². The van der Waals surface area contributed by atoms with E-state index < -0.39 is 0 Å². The summed E-state index contributed by atoms with van der Waals surface area (Å²) in [6.07, 6.45) is 0.00302. The van der Waals surface area contributed by atoms with Crippen LogP contribution < -0.4 is 15.4 Å². The molecule has 0 unspecified atom stereocenters. The summed E-state index contributed by atoms with van der Waals surface area (Å²) >= 11 is 5.89. The highest BCUT2D eigenvalue weighted by molar-refractivity contribution is 6.29. The summed E-state index contributed by atoms with van der Waals surface area (Å²) in [7, 11) is 0. The Bertz CT molecular complexity index is 435. The number of hydrogen-bond acceptors (Lipinski definition) is 6. The third kappa shape index (κ3) is 3.45. The second-order valence-electron chi connectivity index (χ2n) is 3.81. The lowest BCUT2D eigenvalue weighted by Gasteiger charge is -2.10. The van der Waals surface area contributed by atoms with Crippen LogP contribution in [0.25, 0.3) is 0 Å². The topological polar surface area (TPSA) is 71.4 Å². The fourth-order valence-corrected chi connectivity index (χ4v) is 1.50. The van der Waals surface area contributed by atoms with Crippen molar-refractivity contribution in [3.8, 4) is 6.01 Å². The van der Waals surface area contributed by atoms with E-state index in [2.05, 4.69) is 25.6 Å². The molecule has 0 amide bonds. The molecule has 1 aromatic rings. The SMILES string of the molecule is CC(C)Oc1nc(Cl)cc(NC2=NCCN2)n1. The van der Waals surface area contributed by atoms with E-state index in [4.69, 9.17) is 16.3 Å². The Balaban J connectivity index is 2.13. The Morgan fingerprint density at radius 2 is 2.29 bits per heavy atom. The quantitative estimate of drug-likeness (QED) is 0.797. The number of halogens is 1. The standard InChI is InChI=1S/C10H14ClN5O/c1-6(2)17-10-14-7(11)5-8(16-10)15-9-12-3-4-13-9/h5-6H,3-4H2,1-2H3,(H2,12,13,14,15,16). The minimum absolute atomic E-state index is 0.00302. The van der Waals surface area contributed by atoms with Crippen molar-refractivity contribution < 1.29 is 4.74 Å². The summed E-state index contributed by atoms with van der Waals surface area (Å²) in [6.45, 7) is 5.40. The molecule has 0 spiro atoms. The van der Waals surface area contributed by atoms with Gasteiger partial charge < -0.3 is 15.4 Å². The Labute approximate surface area is 104 Å². The Morgan fingerprint density at radius 1 is 1.47 bits per heavy atom. The molecule has 0 aromatic carbocycles. The zero-order chi connectivity index (χ0) is 12.3. The van der Waals surface area contributed by atoms with Gasteiger partial charge >= 0.3 is 6.01 Å². The molecule has 1 aromatic heterocycles. The van der Waals surface area contributed by atoms with E-state index in [0.717, 1.165) is 13.1 Å². The van der Waals surface area contributed by atoms with E-state index >= 15 is 0 Å². The molecular formula is C10H14ClN5O. The Kier molecular flexibility index (Phi) is 3.63. The van der Waals surface area contributed by atoms with E-state index in [0.29, 0.717) is 16.9 Å². The van der Waals surface area contributed by atoms with Crippen LogP contribution in [-0.2, 0) is 0 Å². The van der Waals surface area contributed by atoms with Crippen LogP contribution in [0.2, 0.25) is 5.15 Å². The molecular weight excluding hydrogens is 242 g/mol. The largest absolute Gasteiger partial charge is 0.461 e. The van der Waals surface area contributed by atoms with Crippen LogP contribution in [0.5, 0.6) is 6.01 Å². The van der Waals surface area contributed by atoms with Gasteiger partial charge in [0.1, 0.15) is 11.0 Å². The second kappa shape index (κ2) is 5.18. The highest BCUT2D eigenvalue weighted by atomic mass is 35.5. The van der Waals surface area contributed by atoms with Crippen molar-refractivity contribution in [2.75, 3.05) is 18.4 Å². The van der Waals surface area contributed by atoms with Gasteiger partial charge in [0.05, 0.1) is 12.6 Å². The highest BCUT2D eigenvalue weighted by Crippen LogP contribution is 2.16. The molecule has 0 saturated carbocycles. The molecule has 6 nitrogen and oxygen atoms in total. The van der Waals surface area contributed by atoms with Gasteiger partial charge in [-0.05, 0) is 13.8 Å². The van der Waals surface area contributed by atoms with Gasteiger partial charge in [-0.25, -0.2) is 0 Å². The van der Waals surface area contributed by atoms with Gasteiger partial charge in [0, 0.05) is 12.6 Å². The maximum atomic E-state index is 5.89. The molecule has 2 heterocycles. The second-order valence-corrected chi connectivity index (χ2v) is 4.19. The number of ether oxygens (including phenoxy) is 1. The lowest BCUT2D eigenvalue weighted by molar-refractivity contribution is 0.222. The molecule has 92 valence electrons. The van der Waals surface area contributed by atoms with Crippen LogP contribution in [0, 0.1) is 0 Å². The van der Waals surface area contributed by atoms with E-state index in [9.17, 15) is 0 Å². The van der Waals surface area contributed by atoms with Crippen molar-refractivity contribution in [1.82, 2.24) is 15.3 Å². The van der Waals surface area contributed by atoms with Crippen molar-refractivity contribution >= 4 is 23.4 Å². The van der Waals surface area contributed by atoms with Gasteiger partial charge in [0.25, 0.3) is 0 Å². The number of anilines is 1. The normalized spacial score (nSPS) is 14.5. The smallest absolute Gasteiger partial charge is 0.320 e. The first-order valence-corrected chi connectivity index (χ1v) is 5.78. The van der Waals surface area contributed by atoms with Crippen molar-refractivity contribution in [3.05, 3.63) is 11.2 Å². The zero-order valence-corrected chi connectivity index (χ0v) is 10.5. The van der Waals surface area contributed by atoms with Crippen molar-refractivity contribution in [1.29, 1.82) is 0 Å². The predicted octanol–water partition coefficient (Wildman–Crippen LogP) is 1.29. The molecule has 1 aliphatic rings. The van der Waals surface area contributed by atoms with Crippen LogP contribution in [0.15, 0.2) is 11.1 Å². The van der Waals surface area contributed by atoms with Crippen LogP contribution in [-0.4, -0.2) is 35.1 Å². The first kappa shape index (κ1) is 11.9. The number of aliphatic imine (C=N–C) groups is 1. The molecule has 2 rings (SSSR count). The summed E-state index contributed by atoms with van der Waals surface area (Å²) < 4.78 is 5.39. The number of guanidine groups is 1. The molecule has 0 aliphatic carbocycles. The minimum atomic E-state index is 0.00302. The molecule has 1 aliphatic heterocycles. The first-order valence-electron chi connectivity index (χ1n) is 5.40. The van der Waals surface area contributed by atoms with Gasteiger partial charge in [0.15, 0.2) is 5.96 Å². The van der Waals surface area contributed by atoms with E-state index in [-0.39, 0.29) is 12.1 Å². The Morgan fingerprint density at radius 3 is 2.94 bits per heavy atom. The van der Waals surface area contributed by atoms with Gasteiger partial charge in [-0.2, -0.15) is 9.97 Å². The number of aromatic nitrogens is 2. The summed E-state index contributed by atoms with van der Waals surface area (Å²) in [6, 6.07) is 1.88. The molecule has 0 atom stereocenters. The zero-order valence-electron chi connectivity index (χ0n) is 9.70. The van der Waals surface area contributed by atoms with Gasteiger partial charge in [-0.15, -0.1) is 0 Å². The summed E-state index contributed by atoms with van der Waals surface area (Å²) in [5.74, 6) is 1.25. The minimum Gasteiger partial charge on any atom is -0.461 e. The third-order valence-corrected chi connectivity index (χ3v) is 2.13. The number of nitrogens with zero attached hydrogens (tertiary/aromatic N) is 3. The maximum absolute atomic E-state index is 5.89. The molecule has 0 fully saturated rings. The number of rotatable bonds is 3. The maximum Gasteiger partial charge on any atom is 0.320 e. The molecule has 2 N–H and O–H groups in total. The monoisotopic (exact) mass is 255 g/mol. The summed E-state index contributed by atoms with van der Waals surface area (Å²) in [5.41, 5.74) is 0. The molecule has 0 bridgehead atoms. The fourth-order valence-electron chi connectivity index (χ4n) is 1.33. The van der Waals surface area contributed by atoms with E-state index in [1.54, 1.807) is 6.07 Å². The third-order valence-electron chi connectivity index (χ3n) is 1.94. The molecule has 0 saturated heterocycles. The molecule has 17 heavy (non-hydrogen) atoms. The van der Waals surface area contributed by atoms with Crippen LogP contribution in [0.1, 0.15) is 13.8 Å². The van der Waals surface area contributed by atoms with Gasteiger partial charge in [-0.3, -0.25) is 4.99 Å². The number of nitrogens with one attached hydrogen (secondary N) is 2. The first-order chi connectivity index (χ1) is 8.13. The van der Waals surface area contributed by atoms with Crippen LogP contribution in [0.3, 0.4) is 0 Å². The van der Waals surface area contributed by atoms with Crippen molar-refractivity contribution in [2.45, 2.75) is 20.0 Å². The van der Waals surface area contributed by atoms with Crippen LogP contribution >= 0.6 is 11.6 Å². The Hall–Kier alpha value is -1.56. The summed E-state index contributed by atoms with van der Waals surface area (Å²) in [5, 5.41) is 6.43. The van der Waals surface area contributed by atoms with E-state index in [1.165, 1.54) is 0 Å². The average molecular weight is 256 g/mol. The highest BCUT2D eigenvalue weighted by Gasteiger charge is 2.09. The lowest BCUT2D eigenvalue weighted by atomic mass is 10.5. The predicted molar refractivity (Wildman–Crippen MR) is 66.7 cm³/mol. The average Bonchev–Trinajstić information content (AvgIpc) is 2.67. The molecule has 7 heteroatoms. The lowest BCUT2D eigenvalue weighted by Crippen LogP contribution is -2.26. The van der Waals surface area contributed by atoms with Crippen LogP contribution in [0.4, 0.5) is 5.82 Å². The number of hydrogen-bond donors (Lipinski definition) is 2.